The number of aryl methyl sites for hydroxylation is 1. The van der Waals surface area contributed by atoms with Crippen LogP contribution in [-0.4, -0.2) is 66.8 Å². The van der Waals surface area contributed by atoms with E-state index in [4.69, 9.17) is 4.98 Å². The summed E-state index contributed by atoms with van der Waals surface area (Å²) in [5.74, 6) is 2.83. The summed E-state index contributed by atoms with van der Waals surface area (Å²) in [5.41, 5.74) is 4.91. The van der Waals surface area contributed by atoms with E-state index in [1.54, 1.807) is 6.20 Å². The number of nitrogens with zero attached hydrogens (tertiary/aromatic N) is 6. The van der Waals surface area contributed by atoms with Crippen molar-refractivity contribution in [3.8, 4) is 11.1 Å². The third kappa shape index (κ3) is 4.72. The summed E-state index contributed by atoms with van der Waals surface area (Å²) in [5, 5.41) is 3.37. The minimum Gasteiger partial charge on any atom is -0.340 e. The summed E-state index contributed by atoms with van der Waals surface area (Å²) < 4.78 is 0. The molecule has 1 aliphatic carbocycles. The van der Waals surface area contributed by atoms with Gasteiger partial charge in [0.2, 0.25) is 11.9 Å². The van der Waals surface area contributed by atoms with E-state index >= 15 is 0 Å². The lowest BCUT2D eigenvalue weighted by Crippen LogP contribution is -2.48. The van der Waals surface area contributed by atoms with Gasteiger partial charge in [-0.1, -0.05) is 12.1 Å². The van der Waals surface area contributed by atoms with Crippen molar-refractivity contribution in [2.75, 3.05) is 31.5 Å². The monoisotopic (exact) mass is 468 g/mol. The molecule has 3 aromatic heterocycles. The molecule has 2 aliphatic rings. The molecular formula is C26H28N8O. The molecule has 9 heteroatoms. The van der Waals surface area contributed by atoms with Gasteiger partial charge in [0.25, 0.3) is 0 Å². The predicted octanol–water partition coefficient (Wildman–Crippen LogP) is 3.52. The first-order valence-electron chi connectivity index (χ1n) is 12.1. The van der Waals surface area contributed by atoms with Crippen LogP contribution in [0.25, 0.3) is 22.2 Å². The number of hydrogen-bond donors (Lipinski definition) is 2. The van der Waals surface area contributed by atoms with Crippen LogP contribution in [-0.2, 0) is 11.3 Å². The fourth-order valence-electron chi connectivity index (χ4n) is 4.54. The number of benzene rings is 1. The molecule has 0 bridgehead atoms. The van der Waals surface area contributed by atoms with Crippen LogP contribution in [0.1, 0.15) is 24.2 Å². The Balaban J connectivity index is 1.15. The lowest BCUT2D eigenvalue weighted by molar-refractivity contribution is -0.134. The Bertz CT molecular complexity index is 1350. The zero-order valence-corrected chi connectivity index (χ0v) is 19.7. The minimum absolute atomic E-state index is 0.292. The van der Waals surface area contributed by atoms with Crippen LogP contribution in [0.5, 0.6) is 0 Å². The van der Waals surface area contributed by atoms with Crippen molar-refractivity contribution in [2.45, 2.75) is 26.3 Å². The quantitative estimate of drug-likeness (QED) is 0.446. The lowest BCUT2D eigenvalue weighted by Gasteiger charge is -2.35. The highest BCUT2D eigenvalue weighted by molar-refractivity contribution is 5.84. The van der Waals surface area contributed by atoms with Crippen molar-refractivity contribution in [3.63, 3.8) is 0 Å². The molecule has 9 nitrogen and oxygen atoms in total. The second-order valence-corrected chi connectivity index (χ2v) is 9.35. The second kappa shape index (κ2) is 9.07. The van der Waals surface area contributed by atoms with E-state index in [1.807, 2.05) is 42.4 Å². The van der Waals surface area contributed by atoms with E-state index in [1.165, 1.54) is 0 Å². The molecule has 2 N–H and O–H groups in total. The Morgan fingerprint density at radius 3 is 2.63 bits per heavy atom. The summed E-state index contributed by atoms with van der Waals surface area (Å²) in [6, 6.07) is 10.1. The van der Waals surface area contributed by atoms with Crippen LogP contribution in [0, 0.1) is 12.8 Å². The molecule has 1 saturated carbocycles. The number of aromatic nitrogens is 5. The molecule has 4 heterocycles. The van der Waals surface area contributed by atoms with Crippen molar-refractivity contribution in [1.29, 1.82) is 0 Å². The van der Waals surface area contributed by atoms with Gasteiger partial charge in [0.15, 0.2) is 0 Å². The molecule has 2 fully saturated rings. The fourth-order valence-corrected chi connectivity index (χ4v) is 4.54. The van der Waals surface area contributed by atoms with Gasteiger partial charge >= 0.3 is 0 Å². The van der Waals surface area contributed by atoms with Crippen LogP contribution < -0.4 is 5.32 Å². The van der Waals surface area contributed by atoms with Gasteiger partial charge in [-0.2, -0.15) is 0 Å². The molecular weight excluding hydrogens is 440 g/mol. The number of piperazine rings is 1. The highest BCUT2D eigenvalue weighted by Gasteiger charge is 2.34. The number of rotatable bonds is 6. The number of amides is 1. The molecule has 1 aliphatic heterocycles. The van der Waals surface area contributed by atoms with Crippen molar-refractivity contribution < 1.29 is 4.79 Å². The second-order valence-electron chi connectivity index (χ2n) is 9.35. The number of H-pyrrole nitrogens is 1. The maximum atomic E-state index is 12.3. The number of carbonyl (C=O) groups excluding carboxylic acids is 1. The van der Waals surface area contributed by atoms with E-state index in [-0.39, 0.29) is 0 Å². The van der Waals surface area contributed by atoms with Crippen LogP contribution in [0.15, 0.2) is 48.9 Å². The lowest BCUT2D eigenvalue weighted by atomic mass is 10.1. The number of hydrogen-bond acceptors (Lipinski definition) is 7. The maximum Gasteiger partial charge on any atom is 0.225 e. The Morgan fingerprint density at radius 2 is 1.86 bits per heavy atom. The number of pyridine rings is 1. The van der Waals surface area contributed by atoms with Crippen LogP contribution >= 0.6 is 0 Å². The molecule has 0 spiro atoms. The van der Waals surface area contributed by atoms with Crippen LogP contribution in [0.3, 0.4) is 0 Å². The number of anilines is 2. The molecule has 6 rings (SSSR count). The van der Waals surface area contributed by atoms with E-state index in [9.17, 15) is 4.79 Å². The average molecular weight is 469 g/mol. The molecule has 178 valence electrons. The predicted molar refractivity (Wildman–Crippen MR) is 134 cm³/mol. The Kier molecular flexibility index (Phi) is 5.61. The number of imidazole rings is 1. The number of aromatic amines is 1. The number of carbonyl (C=O) groups is 1. The first-order chi connectivity index (χ1) is 17.1. The normalized spacial score (nSPS) is 16.5. The van der Waals surface area contributed by atoms with Crippen LogP contribution in [0.4, 0.5) is 11.8 Å². The van der Waals surface area contributed by atoms with Gasteiger partial charge in [-0.3, -0.25) is 9.69 Å². The van der Waals surface area contributed by atoms with Crippen molar-refractivity contribution in [1.82, 2.24) is 34.7 Å². The van der Waals surface area contributed by atoms with Gasteiger partial charge < -0.3 is 15.2 Å². The first-order valence-corrected chi connectivity index (χ1v) is 12.1. The summed E-state index contributed by atoms with van der Waals surface area (Å²) in [7, 11) is 0. The molecule has 1 aromatic carbocycles. The molecule has 0 unspecified atom stereocenters. The van der Waals surface area contributed by atoms with Gasteiger partial charge in [-0.05, 0) is 43.5 Å². The van der Waals surface area contributed by atoms with Crippen molar-refractivity contribution >= 4 is 28.7 Å². The smallest absolute Gasteiger partial charge is 0.225 e. The van der Waals surface area contributed by atoms with E-state index < -0.39 is 0 Å². The zero-order valence-electron chi connectivity index (χ0n) is 19.7. The topological polar surface area (TPSA) is 103 Å². The summed E-state index contributed by atoms with van der Waals surface area (Å²) in [4.78, 5) is 38.0. The van der Waals surface area contributed by atoms with Gasteiger partial charge in [0.1, 0.15) is 11.6 Å². The Hall–Kier alpha value is -3.85. The molecule has 4 aromatic rings. The average Bonchev–Trinajstić information content (AvgIpc) is 3.65. The molecule has 1 amide bonds. The third-order valence-corrected chi connectivity index (χ3v) is 6.73. The first kappa shape index (κ1) is 21.7. The van der Waals surface area contributed by atoms with Gasteiger partial charge in [-0.15, -0.1) is 0 Å². The van der Waals surface area contributed by atoms with E-state index in [2.05, 4.69) is 42.3 Å². The SMILES string of the molecule is Cc1ncc(-c2ccc3nc(Nc4ncccc4CN4CCN(C(=O)C5CC5)CC4)[nH]c3c2)cn1. The van der Waals surface area contributed by atoms with E-state index in [0.29, 0.717) is 17.8 Å². The van der Waals surface area contributed by atoms with Gasteiger partial charge in [-0.25, -0.2) is 19.9 Å². The molecule has 35 heavy (non-hydrogen) atoms. The summed E-state index contributed by atoms with van der Waals surface area (Å²) in [6.45, 7) is 6.01. The maximum absolute atomic E-state index is 12.3. The van der Waals surface area contributed by atoms with Gasteiger partial charge in [0.05, 0.1) is 11.0 Å². The fraction of sp³-hybridized carbons (Fsp3) is 0.346. The Morgan fingerprint density at radius 1 is 1.06 bits per heavy atom. The Labute approximate surface area is 203 Å². The largest absolute Gasteiger partial charge is 0.340 e. The summed E-state index contributed by atoms with van der Waals surface area (Å²) in [6.07, 6.45) is 7.58. The summed E-state index contributed by atoms with van der Waals surface area (Å²) >= 11 is 0. The van der Waals surface area contributed by atoms with E-state index in [0.717, 1.165) is 84.9 Å². The zero-order chi connectivity index (χ0) is 23.8. The van der Waals surface area contributed by atoms with Crippen molar-refractivity contribution in [2.24, 2.45) is 5.92 Å². The van der Waals surface area contributed by atoms with Crippen molar-refractivity contribution in [3.05, 3.63) is 60.3 Å². The van der Waals surface area contributed by atoms with Crippen LogP contribution in [0.2, 0.25) is 0 Å². The molecule has 1 saturated heterocycles. The highest BCUT2D eigenvalue weighted by Crippen LogP contribution is 2.31. The minimum atomic E-state index is 0.292. The van der Waals surface area contributed by atoms with Gasteiger partial charge in [0, 0.05) is 68.4 Å². The number of nitrogens with one attached hydrogen (secondary N) is 2. The third-order valence-electron chi connectivity index (χ3n) is 6.73. The highest BCUT2D eigenvalue weighted by atomic mass is 16.2. The number of fused-ring (bicyclic) bond motifs is 1. The molecule has 0 radical (unpaired) electrons. The molecule has 0 atom stereocenters. The standard InChI is InChI=1S/C26H28N8O/c1-17-28-14-21(15-29-17)19-6-7-22-23(13-19)31-26(30-22)32-24-20(3-2-8-27-24)16-33-9-11-34(12-10-33)25(35)18-4-5-18/h2-3,6-8,13-15,18H,4-5,9-12,16H2,1H3,(H2,27,30,31,32).